The van der Waals surface area contributed by atoms with Crippen molar-refractivity contribution < 1.29 is 4.42 Å². The third-order valence-corrected chi connectivity index (χ3v) is 2.72. The summed E-state index contributed by atoms with van der Waals surface area (Å²) in [6.45, 7) is 0. The van der Waals surface area contributed by atoms with Crippen LogP contribution < -0.4 is 5.73 Å². The second kappa shape index (κ2) is 3.60. The Morgan fingerprint density at radius 3 is 2.89 bits per heavy atom. The standard InChI is InChI=1S/C12H9N5O/c1-17-9-5-3-2-4-7(9)10(16-17)12-15-8(6-13)11(14)18-12/h2-5H,14H2,1H3. The Labute approximate surface area is 102 Å². The second-order valence-electron chi connectivity index (χ2n) is 3.83. The van der Waals surface area contributed by atoms with Gasteiger partial charge >= 0.3 is 0 Å². The third-order valence-electron chi connectivity index (χ3n) is 2.72. The van der Waals surface area contributed by atoms with Gasteiger partial charge in [0.25, 0.3) is 5.89 Å². The molecule has 0 aliphatic rings. The SMILES string of the molecule is Cn1nc(-c2nc(C#N)c(N)o2)c2ccccc21. The Morgan fingerprint density at radius 2 is 2.17 bits per heavy atom. The molecule has 18 heavy (non-hydrogen) atoms. The Kier molecular flexibility index (Phi) is 2.07. The summed E-state index contributed by atoms with van der Waals surface area (Å²) in [5.74, 6) is 0.281. The highest BCUT2D eigenvalue weighted by atomic mass is 16.4. The smallest absolute Gasteiger partial charge is 0.251 e. The lowest BCUT2D eigenvalue weighted by Crippen LogP contribution is -1.89. The monoisotopic (exact) mass is 239 g/mol. The summed E-state index contributed by atoms with van der Waals surface area (Å²) in [5.41, 5.74) is 7.18. The zero-order valence-electron chi connectivity index (χ0n) is 9.58. The fourth-order valence-corrected chi connectivity index (χ4v) is 1.89. The van der Waals surface area contributed by atoms with Gasteiger partial charge in [0.05, 0.1) is 5.52 Å². The average Bonchev–Trinajstić information content (AvgIpc) is 2.91. The fourth-order valence-electron chi connectivity index (χ4n) is 1.89. The highest BCUT2D eigenvalue weighted by molar-refractivity contribution is 5.91. The first-order chi connectivity index (χ1) is 8.70. The van der Waals surface area contributed by atoms with E-state index in [1.165, 1.54) is 0 Å². The molecule has 2 N–H and O–H groups in total. The first-order valence-electron chi connectivity index (χ1n) is 5.29. The van der Waals surface area contributed by atoms with Crippen molar-refractivity contribution in [3.63, 3.8) is 0 Å². The van der Waals surface area contributed by atoms with E-state index in [0.717, 1.165) is 10.9 Å². The number of anilines is 1. The van der Waals surface area contributed by atoms with E-state index in [1.54, 1.807) is 4.68 Å². The van der Waals surface area contributed by atoms with Crippen molar-refractivity contribution in [3.8, 4) is 17.7 Å². The summed E-state index contributed by atoms with van der Waals surface area (Å²) in [5, 5.41) is 14.1. The van der Waals surface area contributed by atoms with E-state index in [1.807, 2.05) is 37.4 Å². The lowest BCUT2D eigenvalue weighted by Gasteiger charge is -1.90. The number of nitrogens with zero attached hydrogens (tertiary/aromatic N) is 4. The summed E-state index contributed by atoms with van der Waals surface area (Å²) in [6, 6.07) is 9.58. The van der Waals surface area contributed by atoms with Crippen LogP contribution in [0.25, 0.3) is 22.5 Å². The molecule has 0 amide bonds. The first-order valence-corrected chi connectivity index (χ1v) is 5.29. The van der Waals surface area contributed by atoms with E-state index in [-0.39, 0.29) is 17.5 Å². The normalized spacial score (nSPS) is 10.7. The molecule has 6 nitrogen and oxygen atoms in total. The van der Waals surface area contributed by atoms with Gasteiger partial charge in [-0.2, -0.15) is 15.3 Å². The van der Waals surface area contributed by atoms with Crippen LogP contribution in [-0.2, 0) is 7.05 Å². The largest absolute Gasteiger partial charge is 0.418 e. The maximum Gasteiger partial charge on any atom is 0.251 e. The van der Waals surface area contributed by atoms with Gasteiger partial charge in [0.2, 0.25) is 11.6 Å². The average molecular weight is 239 g/mol. The highest BCUT2D eigenvalue weighted by Crippen LogP contribution is 2.28. The minimum Gasteiger partial charge on any atom is -0.418 e. The molecule has 3 rings (SSSR count). The molecule has 3 aromatic rings. The number of nitrogen functional groups attached to an aromatic ring is 1. The van der Waals surface area contributed by atoms with Gasteiger partial charge in [-0.3, -0.25) is 4.68 Å². The molecule has 0 unspecified atom stereocenters. The number of nitriles is 1. The number of benzene rings is 1. The molecule has 6 heteroatoms. The van der Waals surface area contributed by atoms with E-state index in [0.29, 0.717) is 5.69 Å². The van der Waals surface area contributed by atoms with Crippen molar-refractivity contribution in [1.29, 1.82) is 5.26 Å². The van der Waals surface area contributed by atoms with Crippen LogP contribution in [0.15, 0.2) is 28.7 Å². The van der Waals surface area contributed by atoms with Crippen LogP contribution in [0, 0.1) is 11.3 Å². The summed E-state index contributed by atoms with van der Waals surface area (Å²) in [6.07, 6.45) is 0. The Bertz CT molecular complexity index is 777. The number of rotatable bonds is 1. The molecular weight excluding hydrogens is 230 g/mol. The molecule has 88 valence electrons. The predicted molar refractivity (Wildman–Crippen MR) is 65.3 cm³/mol. The molecule has 0 fully saturated rings. The number of hydrogen-bond acceptors (Lipinski definition) is 5. The number of oxazole rings is 1. The Morgan fingerprint density at radius 1 is 1.39 bits per heavy atom. The van der Waals surface area contributed by atoms with Gasteiger partial charge in [0, 0.05) is 12.4 Å². The van der Waals surface area contributed by atoms with E-state index in [9.17, 15) is 0 Å². The van der Waals surface area contributed by atoms with Crippen LogP contribution in [0.5, 0.6) is 0 Å². The summed E-state index contributed by atoms with van der Waals surface area (Å²) in [4.78, 5) is 4.03. The van der Waals surface area contributed by atoms with Crippen LogP contribution in [0.3, 0.4) is 0 Å². The number of aryl methyl sites for hydroxylation is 1. The number of aromatic nitrogens is 3. The molecule has 0 saturated carbocycles. The molecular formula is C12H9N5O. The van der Waals surface area contributed by atoms with Gasteiger partial charge in [0.15, 0.2) is 5.69 Å². The number of para-hydroxylation sites is 1. The van der Waals surface area contributed by atoms with Crippen molar-refractivity contribution in [2.45, 2.75) is 0 Å². The molecule has 0 bridgehead atoms. The number of hydrogen-bond donors (Lipinski definition) is 1. The first kappa shape index (κ1) is 10.4. The molecule has 0 atom stereocenters. The summed E-state index contributed by atoms with van der Waals surface area (Å²) >= 11 is 0. The van der Waals surface area contributed by atoms with Gasteiger partial charge in [0.1, 0.15) is 6.07 Å². The van der Waals surface area contributed by atoms with Crippen LogP contribution in [0.2, 0.25) is 0 Å². The molecule has 0 aliphatic carbocycles. The van der Waals surface area contributed by atoms with E-state index >= 15 is 0 Å². The van der Waals surface area contributed by atoms with Crippen LogP contribution in [0.1, 0.15) is 5.69 Å². The quantitative estimate of drug-likeness (QED) is 0.697. The van der Waals surface area contributed by atoms with Gasteiger partial charge < -0.3 is 10.2 Å². The third kappa shape index (κ3) is 1.34. The fraction of sp³-hybridized carbons (Fsp3) is 0.0833. The van der Waals surface area contributed by atoms with E-state index in [2.05, 4.69) is 10.1 Å². The minimum absolute atomic E-state index is 0.0160. The molecule has 0 spiro atoms. The number of nitrogens with two attached hydrogens (primary N) is 1. The maximum absolute atomic E-state index is 8.82. The molecule has 2 aromatic heterocycles. The van der Waals surface area contributed by atoms with Crippen molar-refractivity contribution in [1.82, 2.24) is 14.8 Å². The zero-order chi connectivity index (χ0) is 12.7. The van der Waals surface area contributed by atoms with Gasteiger partial charge in [-0.15, -0.1) is 0 Å². The van der Waals surface area contributed by atoms with Gasteiger partial charge in [-0.1, -0.05) is 18.2 Å². The molecule has 2 heterocycles. The Balaban J connectivity index is 2.29. The van der Waals surface area contributed by atoms with E-state index < -0.39 is 0 Å². The lowest BCUT2D eigenvalue weighted by molar-refractivity contribution is 0.589. The lowest BCUT2D eigenvalue weighted by atomic mass is 10.2. The van der Waals surface area contributed by atoms with Crippen molar-refractivity contribution >= 4 is 16.8 Å². The molecule has 1 aromatic carbocycles. The van der Waals surface area contributed by atoms with Crippen molar-refractivity contribution in [2.24, 2.45) is 7.05 Å². The highest BCUT2D eigenvalue weighted by Gasteiger charge is 2.17. The second-order valence-corrected chi connectivity index (χ2v) is 3.83. The molecule has 0 aliphatic heterocycles. The van der Waals surface area contributed by atoms with Crippen molar-refractivity contribution in [3.05, 3.63) is 30.0 Å². The van der Waals surface area contributed by atoms with Crippen LogP contribution >= 0.6 is 0 Å². The minimum atomic E-state index is 0.0160. The van der Waals surface area contributed by atoms with Crippen LogP contribution in [-0.4, -0.2) is 14.8 Å². The van der Waals surface area contributed by atoms with Gasteiger partial charge in [-0.25, -0.2) is 0 Å². The number of fused-ring (bicyclic) bond motifs is 1. The zero-order valence-corrected chi connectivity index (χ0v) is 9.58. The van der Waals surface area contributed by atoms with E-state index in [4.69, 9.17) is 15.4 Å². The van der Waals surface area contributed by atoms with Crippen LogP contribution in [0.4, 0.5) is 5.88 Å². The summed E-state index contributed by atoms with van der Waals surface area (Å²) in [7, 11) is 1.84. The van der Waals surface area contributed by atoms with Crippen molar-refractivity contribution in [2.75, 3.05) is 5.73 Å². The summed E-state index contributed by atoms with van der Waals surface area (Å²) < 4.78 is 7.01. The predicted octanol–water partition coefficient (Wildman–Crippen LogP) is 1.68. The maximum atomic E-state index is 8.82. The molecule has 0 saturated heterocycles. The molecule has 0 radical (unpaired) electrons. The Hall–Kier alpha value is -2.81. The topological polar surface area (TPSA) is 93.7 Å². The van der Waals surface area contributed by atoms with Gasteiger partial charge in [-0.05, 0) is 6.07 Å².